The average molecular weight is 367 g/mol. The van der Waals surface area contributed by atoms with Crippen LogP contribution in [0.5, 0.6) is 0 Å². The Morgan fingerprint density at radius 1 is 1.04 bits per heavy atom. The van der Waals surface area contributed by atoms with Gasteiger partial charge in [-0.25, -0.2) is 0 Å². The largest absolute Gasteiger partial charge is 0.348 e. The van der Waals surface area contributed by atoms with Crippen LogP contribution in [0.25, 0.3) is 0 Å². The van der Waals surface area contributed by atoms with E-state index >= 15 is 0 Å². The fraction of sp³-hybridized carbons (Fsp3) is 0.545. The minimum absolute atomic E-state index is 0.00573. The molecule has 0 radical (unpaired) electrons. The number of rotatable bonds is 6. The summed E-state index contributed by atoms with van der Waals surface area (Å²) in [4.78, 5) is 27.0. The molecular weight excluding hydrogens is 338 g/mol. The minimum Gasteiger partial charge on any atom is -0.348 e. The van der Waals surface area contributed by atoms with Gasteiger partial charge in [0.1, 0.15) is 0 Å². The van der Waals surface area contributed by atoms with Gasteiger partial charge in [0.15, 0.2) is 0 Å². The maximum absolute atomic E-state index is 12.6. The number of benzene rings is 1. The molecule has 0 saturated heterocycles. The van der Waals surface area contributed by atoms with E-state index in [4.69, 9.17) is 5.73 Å². The van der Waals surface area contributed by atoms with Crippen LogP contribution in [0.3, 0.4) is 0 Å². The lowest BCUT2D eigenvalue weighted by Gasteiger charge is -2.22. The Balaban J connectivity index is 1.34. The van der Waals surface area contributed by atoms with Crippen molar-refractivity contribution in [2.45, 2.75) is 63.7 Å². The molecule has 2 saturated carbocycles. The van der Waals surface area contributed by atoms with Crippen molar-refractivity contribution in [3.63, 3.8) is 0 Å². The van der Waals surface area contributed by atoms with Crippen molar-refractivity contribution in [2.75, 3.05) is 0 Å². The number of nitrogens with two attached hydrogens (primary N) is 1. The molecule has 2 fully saturated rings. The summed E-state index contributed by atoms with van der Waals surface area (Å²) in [6.07, 6.45) is 10.1. The van der Waals surface area contributed by atoms with Crippen molar-refractivity contribution < 1.29 is 9.59 Å². The molecule has 4 rings (SSSR count). The van der Waals surface area contributed by atoms with Gasteiger partial charge in [0, 0.05) is 19.2 Å². The number of carbonyl (C=O) groups is 2. The highest BCUT2D eigenvalue weighted by Crippen LogP contribution is 2.34. The second kappa shape index (κ2) is 7.85. The van der Waals surface area contributed by atoms with Crippen molar-refractivity contribution >= 4 is 11.8 Å². The summed E-state index contributed by atoms with van der Waals surface area (Å²) >= 11 is 0. The summed E-state index contributed by atoms with van der Waals surface area (Å²) in [7, 11) is 0. The van der Waals surface area contributed by atoms with Gasteiger partial charge >= 0.3 is 0 Å². The van der Waals surface area contributed by atoms with Gasteiger partial charge in [0.25, 0.3) is 0 Å². The molecule has 0 unspecified atom stereocenters. The molecule has 0 bridgehead atoms. The molecular formula is C22H29N3O2. The van der Waals surface area contributed by atoms with E-state index in [2.05, 4.69) is 17.4 Å². The van der Waals surface area contributed by atoms with Gasteiger partial charge in [-0.05, 0) is 48.6 Å². The third-order valence-electron chi connectivity index (χ3n) is 6.25. The summed E-state index contributed by atoms with van der Waals surface area (Å²) in [5, 5.41) is 3.10. The van der Waals surface area contributed by atoms with Gasteiger partial charge in [0.2, 0.25) is 11.8 Å². The highest BCUT2D eigenvalue weighted by atomic mass is 16.2. The van der Waals surface area contributed by atoms with E-state index in [1.54, 1.807) is 6.08 Å². The number of hydrogen-bond acceptors (Lipinski definition) is 3. The second-order valence-electron chi connectivity index (χ2n) is 8.26. The number of nitrogens with one attached hydrogen (secondary N) is 1. The Morgan fingerprint density at radius 2 is 1.67 bits per heavy atom. The lowest BCUT2D eigenvalue weighted by atomic mass is 9.97. The molecule has 1 aromatic carbocycles. The van der Waals surface area contributed by atoms with Gasteiger partial charge in [-0.2, -0.15) is 0 Å². The van der Waals surface area contributed by atoms with Gasteiger partial charge in [0.05, 0.1) is 12.1 Å². The van der Waals surface area contributed by atoms with E-state index in [0.29, 0.717) is 24.9 Å². The standard InChI is InChI=1S/C22H29N3O2/c23-21(16-5-1-2-6-16)22(27)24-19(15-9-10-15)11-12-20(26)25-13-17-7-3-4-8-18(17)14-25/h3-4,7-8,11-12,15-16,19,21H,1-2,5-6,9-10,13-14,23H2,(H,24,27)/b12-11+/t19-,21+/m1/s1. The fourth-order valence-corrected chi connectivity index (χ4v) is 4.35. The highest BCUT2D eigenvalue weighted by molar-refractivity contribution is 5.88. The topological polar surface area (TPSA) is 75.4 Å². The molecule has 27 heavy (non-hydrogen) atoms. The number of fused-ring (bicyclic) bond motifs is 1. The van der Waals surface area contributed by atoms with E-state index in [0.717, 1.165) is 25.7 Å². The van der Waals surface area contributed by atoms with Crippen LogP contribution in [0.15, 0.2) is 36.4 Å². The summed E-state index contributed by atoms with van der Waals surface area (Å²) in [6, 6.07) is 7.65. The Labute approximate surface area is 161 Å². The minimum atomic E-state index is -0.425. The first-order valence-corrected chi connectivity index (χ1v) is 10.2. The van der Waals surface area contributed by atoms with E-state index in [9.17, 15) is 9.59 Å². The van der Waals surface area contributed by atoms with Crippen molar-refractivity contribution in [1.82, 2.24) is 10.2 Å². The first kappa shape index (κ1) is 18.2. The zero-order valence-corrected chi connectivity index (χ0v) is 15.8. The summed E-state index contributed by atoms with van der Waals surface area (Å²) in [5.74, 6) is 0.679. The van der Waals surface area contributed by atoms with Crippen LogP contribution < -0.4 is 11.1 Å². The molecule has 5 nitrogen and oxygen atoms in total. The molecule has 3 N–H and O–H groups in total. The van der Waals surface area contributed by atoms with Crippen molar-refractivity contribution in [1.29, 1.82) is 0 Å². The first-order chi connectivity index (χ1) is 13.1. The maximum Gasteiger partial charge on any atom is 0.246 e. The zero-order valence-electron chi connectivity index (χ0n) is 15.8. The van der Waals surface area contributed by atoms with Crippen LogP contribution in [-0.2, 0) is 22.7 Å². The molecule has 144 valence electrons. The molecule has 1 heterocycles. The smallest absolute Gasteiger partial charge is 0.246 e. The lowest BCUT2D eigenvalue weighted by molar-refractivity contribution is -0.127. The van der Waals surface area contributed by atoms with Crippen LogP contribution in [0, 0.1) is 11.8 Å². The molecule has 5 heteroatoms. The first-order valence-electron chi connectivity index (χ1n) is 10.2. The van der Waals surface area contributed by atoms with Crippen LogP contribution in [0.1, 0.15) is 49.7 Å². The predicted molar refractivity (Wildman–Crippen MR) is 104 cm³/mol. The van der Waals surface area contributed by atoms with E-state index in [-0.39, 0.29) is 17.9 Å². The summed E-state index contributed by atoms with van der Waals surface area (Å²) in [6.45, 7) is 1.32. The molecule has 3 aliphatic rings. The number of hydrogen-bond donors (Lipinski definition) is 2. The zero-order chi connectivity index (χ0) is 18.8. The van der Waals surface area contributed by atoms with Gasteiger partial charge in [-0.3, -0.25) is 9.59 Å². The van der Waals surface area contributed by atoms with Crippen molar-refractivity contribution in [3.8, 4) is 0 Å². The lowest BCUT2D eigenvalue weighted by Crippen LogP contribution is -2.48. The maximum atomic E-state index is 12.6. The molecule has 1 aromatic rings. The van der Waals surface area contributed by atoms with Crippen LogP contribution in [0.4, 0.5) is 0 Å². The molecule has 0 aromatic heterocycles. The number of carbonyl (C=O) groups excluding carboxylic acids is 2. The Bertz CT molecular complexity index is 710. The number of amides is 2. The van der Waals surface area contributed by atoms with Crippen LogP contribution in [-0.4, -0.2) is 28.8 Å². The van der Waals surface area contributed by atoms with E-state index in [1.165, 1.54) is 24.0 Å². The predicted octanol–water partition coefficient (Wildman–Crippen LogP) is 2.50. The quantitative estimate of drug-likeness (QED) is 0.759. The van der Waals surface area contributed by atoms with Gasteiger partial charge in [-0.1, -0.05) is 43.2 Å². The summed E-state index contributed by atoms with van der Waals surface area (Å²) in [5.41, 5.74) is 8.62. The third-order valence-corrected chi connectivity index (χ3v) is 6.25. The van der Waals surface area contributed by atoms with E-state index in [1.807, 2.05) is 23.1 Å². The monoisotopic (exact) mass is 367 g/mol. The average Bonchev–Trinajstić information content (AvgIpc) is 3.20. The second-order valence-corrected chi connectivity index (χ2v) is 8.26. The molecule has 0 spiro atoms. The highest BCUT2D eigenvalue weighted by Gasteiger charge is 2.34. The van der Waals surface area contributed by atoms with Crippen molar-refractivity contribution in [3.05, 3.63) is 47.5 Å². The van der Waals surface area contributed by atoms with E-state index < -0.39 is 6.04 Å². The Morgan fingerprint density at radius 3 is 2.26 bits per heavy atom. The fourth-order valence-electron chi connectivity index (χ4n) is 4.35. The van der Waals surface area contributed by atoms with Crippen LogP contribution in [0.2, 0.25) is 0 Å². The van der Waals surface area contributed by atoms with Crippen LogP contribution >= 0.6 is 0 Å². The Hall–Kier alpha value is -2.14. The van der Waals surface area contributed by atoms with Gasteiger partial charge < -0.3 is 16.0 Å². The molecule has 1 aliphatic heterocycles. The molecule has 2 atom stereocenters. The third kappa shape index (κ3) is 4.24. The van der Waals surface area contributed by atoms with Crippen molar-refractivity contribution in [2.24, 2.45) is 17.6 Å². The molecule has 2 amide bonds. The number of nitrogens with zero attached hydrogens (tertiary/aromatic N) is 1. The molecule has 2 aliphatic carbocycles. The SMILES string of the molecule is N[C@H](C(=O)N[C@H](/C=C/C(=O)N1Cc2ccccc2C1)C1CC1)C1CCCC1. The summed E-state index contributed by atoms with van der Waals surface area (Å²) < 4.78 is 0. The van der Waals surface area contributed by atoms with Gasteiger partial charge in [-0.15, -0.1) is 0 Å². The Kier molecular flexibility index (Phi) is 5.30. The normalized spacial score (nSPS) is 22.0.